The van der Waals surface area contributed by atoms with Crippen molar-refractivity contribution in [2.75, 3.05) is 6.61 Å². The minimum absolute atomic E-state index is 0.0110. The predicted octanol–water partition coefficient (Wildman–Crippen LogP) is 3.75. The summed E-state index contributed by atoms with van der Waals surface area (Å²) in [4.78, 5) is 25.9. The molecule has 2 N–H and O–H groups in total. The summed E-state index contributed by atoms with van der Waals surface area (Å²) in [7, 11) is 0. The van der Waals surface area contributed by atoms with Crippen molar-refractivity contribution in [2.45, 2.75) is 19.9 Å². The smallest absolute Gasteiger partial charge is 0.329 e. The van der Waals surface area contributed by atoms with Gasteiger partial charge in [0.2, 0.25) is 0 Å². The van der Waals surface area contributed by atoms with Gasteiger partial charge in [-0.25, -0.2) is 9.18 Å². The average Bonchev–Trinajstić information content (AvgIpc) is 2.95. The number of urea groups is 1. The van der Waals surface area contributed by atoms with Crippen molar-refractivity contribution in [1.29, 1.82) is 0 Å². The number of halogens is 1. The zero-order valence-electron chi connectivity index (χ0n) is 15.9. The minimum atomic E-state index is -0.625. The van der Waals surface area contributed by atoms with Crippen molar-refractivity contribution in [3.8, 4) is 11.5 Å². The fourth-order valence-corrected chi connectivity index (χ4v) is 3.03. The topological polar surface area (TPSA) is 78.9 Å². The number of phenolic OH excluding ortho intramolecular Hbond substituents is 1. The molecule has 3 rings (SSSR count). The number of amides is 3. The van der Waals surface area contributed by atoms with Gasteiger partial charge in [0.05, 0.1) is 13.2 Å². The number of hydrogen-bond acceptors (Lipinski definition) is 4. The molecule has 7 heteroatoms. The van der Waals surface area contributed by atoms with E-state index in [1.54, 1.807) is 31.2 Å². The predicted molar refractivity (Wildman–Crippen MR) is 107 cm³/mol. The molecule has 0 unspecified atom stereocenters. The van der Waals surface area contributed by atoms with Crippen molar-refractivity contribution in [1.82, 2.24) is 10.2 Å². The average molecular weight is 396 g/mol. The van der Waals surface area contributed by atoms with Gasteiger partial charge >= 0.3 is 6.03 Å². The van der Waals surface area contributed by atoms with E-state index in [9.17, 15) is 19.1 Å². The summed E-state index contributed by atoms with van der Waals surface area (Å²) in [6, 6.07) is 8.62. The number of carbonyl (C=O) groups is 2. The third-order valence-electron chi connectivity index (χ3n) is 4.40. The fraction of sp³-hybridized carbons (Fsp3) is 0.182. The molecule has 1 aliphatic heterocycles. The molecule has 2 aromatic carbocycles. The van der Waals surface area contributed by atoms with Gasteiger partial charge in [0.15, 0.2) is 11.5 Å². The van der Waals surface area contributed by atoms with E-state index in [1.807, 2.05) is 0 Å². The first kappa shape index (κ1) is 20.1. The van der Waals surface area contributed by atoms with Gasteiger partial charge in [-0.1, -0.05) is 24.3 Å². The number of nitrogens with zero attached hydrogens (tertiary/aromatic N) is 1. The monoisotopic (exact) mass is 396 g/mol. The van der Waals surface area contributed by atoms with E-state index in [1.165, 1.54) is 24.3 Å². The number of rotatable bonds is 7. The maximum absolute atomic E-state index is 13.9. The molecule has 29 heavy (non-hydrogen) atoms. The Morgan fingerprint density at radius 2 is 2.00 bits per heavy atom. The van der Waals surface area contributed by atoms with Crippen LogP contribution in [0.25, 0.3) is 6.08 Å². The lowest BCUT2D eigenvalue weighted by Gasteiger charge is -2.12. The van der Waals surface area contributed by atoms with Crippen LogP contribution in [0.1, 0.15) is 23.6 Å². The maximum Gasteiger partial charge on any atom is 0.329 e. The molecule has 0 radical (unpaired) electrons. The Balaban J connectivity index is 1.91. The first-order chi connectivity index (χ1) is 13.9. The van der Waals surface area contributed by atoms with Crippen LogP contribution >= 0.6 is 0 Å². The first-order valence-corrected chi connectivity index (χ1v) is 9.12. The van der Waals surface area contributed by atoms with E-state index in [2.05, 4.69) is 11.9 Å². The summed E-state index contributed by atoms with van der Waals surface area (Å²) in [5.74, 6) is -0.760. The molecule has 6 nitrogen and oxygen atoms in total. The second-order valence-electron chi connectivity index (χ2n) is 6.42. The Bertz CT molecular complexity index is 1000. The number of nitrogens with one attached hydrogen (secondary N) is 1. The van der Waals surface area contributed by atoms with E-state index >= 15 is 0 Å². The van der Waals surface area contributed by atoms with Crippen LogP contribution in [-0.2, 0) is 17.8 Å². The summed E-state index contributed by atoms with van der Waals surface area (Å²) in [6.07, 6.45) is 3.54. The van der Waals surface area contributed by atoms with Gasteiger partial charge in [0, 0.05) is 11.1 Å². The lowest BCUT2D eigenvalue weighted by Crippen LogP contribution is -2.30. The van der Waals surface area contributed by atoms with Crippen molar-refractivity contribution < 1.29 is 23.8 Å². The highest BCUT2D eigenvalue weighted by Crippen LogP contribution is 2.33. The van der Waals surface area contributed by atoms with Crippen LogP contribution in [0, 0.1) is 5.82 Å². The van der Waals surface area contributed by atoms with Gasteiger partial charge in [-0.15, -0.1) is 6.58 Å². The number of allylic oxidation sites excluding steroid dienone is 1. The summed E-state index contributed by atoms with van der Waals surface area (Å²) >= 11 is 0. The Hall–Kier alpha value is -3.61. The molecule has 1 saturated heterocycles. The molecule has 3 amide bonds. The number of carbonyl (C=O) groups excluding carboxylic acids is 2. The number of imide groups is 1. The van der Waals surface area contributed by atoms with Crippen LogP contribution in [0.3, 0.4) is 0 Å². The highest BCUT2D eigenvalue weighted by atomic mass is 19.1. The summed E-state index contributed by atoms with van der Waals surface area (Å²) in [6.45, 7) is 5.64. The van der Waals surface area contributed by atoms with Gasteiger partial charge in [-0.05, 0) is 43.2 Å². The molecule has 0 saturated carbocycles. The second-order valence-corrected chi connectivity index (χ2v) is 6.42. The van der Waals surface area contributed by atoms with Crippen LogP contribution in [0.15, 0.2) is 54.8 Å². The zero-order chi connectivity index (χ0) is 21.0. The van der Waals surface area contributed by atoms with Crippen LogP contribution in [0.5, 0.6) is 11.5 Å². The first-order valence-electron chi connectivity index (χ1n) is 9.12. The molecule has 0 atom stereocenters. The van der Waals surface area contributed by atoms with Crippen LogP contribution in [0.4, 0.5) is 9.18 Å². The van der Waals surface area contributed by atoms with Crippen molar-refractivity contribution in [3.05, 3.63) is 77.3 Å². The van der Waals surface area contributed by atoms with E-state index in [4.69, 9.17) is 4.74 Å². The van der Waals surface area contributed by atoms with E-state index in [-0.39, 0.29) is 29.3 Å². The Morgan fingerprint density at radius 3 is 2.69 bits per heavy atom. The fourth-order valence-electron chi connectivity index (χ4n) is 3.03. The molecule has 1 aliphatic rings. The number of ether oxygens (including phenoxy) is 1. The lowest BCUT2D eigenvalue weighted by atomic mass is 10.0. The minimum Gasteiger partial charge on any atom is -0.504 e. The summed E-state index contributed by atoms with van der Waals surface area (Å²) in [5.41, 5.74) is 1.45. The van der Waals surface area contributed by atoms with E-state index in [0.717, 1.165) is 4.90 Å². The molecule has 0 spiro atoms. The van der Waals surface area contributed by atoms with Gasteiger partial charge in [0.25, 0.3) is 5.91 Å². The van der Waals surface area contributed by atoms with Gasteiger partial charge in [0.1, 0.15) is 11.5 Å². The summed E-state index contributed by atoms with van der Waals surface area (Å²) in [5, 5.41) is 12.8. The Morgan fingerprint density at radius 1 is 1.24 bits per heavy atom. The third-order valence-corrected chi connectivity index (χ3v) is 4.40. The van der Waals surface area contributed by atoms with Crippen molar-refractivity contribution >= 4 is 18.0 Å². The van der Waals surface area contributed by atoms with E-state index in [0.29, 0.717) is 24.2 Å². The molecule has 1 heterocycles. The molecule has 0 bridgehead atoms. The molecule has 0 aromatic heterocycles. The van der Waals surface area contributed by atoms with Gasteiger partial charge in [-0.3, -0.25) is 9.69 Å². The van der Waals surface area contributed by atoms with Crippen molar-refractivity contribution in [3.63, 3.8) is 0 Å². The third kappa shape index (κ3) is 4.29. The maximum atomic E-state index is 13.9. The molecular formula is C22H21FN2O4. The van der Waals surface area contributed by atoms with Gasteiger partial charge < -0.3 is 15.2 Å². The molecule has 2 aromatic rings. The quantitative estimate of drug-likeness (QED) is 0.424. The zero-order valence-corrected chi connectivity index (χ0v) is 15.9. The van der Waals surface area contributed by atoms with Crippen LogP contribution in [-0.4, -0.2) is 28.6 Å². The molecule has 1 fully saturated rings. The number of hydrogen-bond donors (Lipinski definition) is 2. The summed E-state index contributed by atoms with van der Waals surface area (Å²) < 4.78 is 19.3. The SMILES string of the molecule is C=CCc1cc(/C=C2/NC(=O)N(Cc3ccccc3F)C2=O)cc(OCC)c1O. The lowest BCUT2D eigenvalue weighted by molar-refractivity contribution is -0.123. The largest absolute Gasteiger partial charge is 0.504 e. The Labute approximate surface area is 167 Å². The van der Waals surface area contributed by atoms with Crippen LogP contribution < -0.4 is 10.1 Å². The standard InChI is InChI=1S/C22H21FN2O4/c1-3-7-15-10-14(12-19(20(15)26)29-4-2)11-18-21(27)25(22(28)24-18)13-16-8-5-6-9-17(16)23/h3,5-6,8-12,26H,1,4,7,13H2,2H3,(H,24,28)/b18-11+. The molecular weight excluding hydrogens is 375 g/mol. The number of benzene rings is 2. The second kappa shape index (κ2) is 8.60. The molecule has 0 aliphatic carbocycles. The molecule has 150 valence electrons. The van der Waals surface area contributed by atoms with E-state index < -0.39 is 17.8 Å². The highest BCUT2D eigenvalue weighted by molar-refractivity contribution is 6.13. The van der Waals surface area contributed by atoms with Crippen LogP contribution in [0.2, 0.25) is 0 Å². The Kier molecular flexibility index (Phi) is 5.97. The normalized spacial score (nSPS) is 15.0. The number of phenols is 1. The highest BCUT2D eigenvalue weighted by Gasteiger charge is 2.34. The van der Waals surface area contributed by atoms with Gasteiger partial charge in [-0.2, -0.15) is 0 Å². The van der Waals surface area contributed by atoms with Crippen molar-refractivity contribution in [2.24, 2.45) is 0 Å². The number of aromatic hydroxyl groups is 1.